The molecule has 118 valence electrons. The predicted molar refractivity (Wildman–Crippen MR) is 84.5 cm³/mol. The van der Waals surface area contributed by atoms with Crippen molar-refractivity contribution in [3.05, 3.63) is 0 Å². The number of nitrogens with two attached hydrogens (primary N) is 1. The summed E-state index contributed by atoms with van der Waals surface area (Å²) in [6, 6.07) is 0.705. The number of primary amides is 1. The molecule has 1 rings (SSSR count). The molecule has 0 aliphatic heterocycles. The van der Waals surface area contributed by atoms with Crippen molar-refractivity contribution < 1.29 is 4.79 Å². The Bertz CT molecular complexity index is 335. The van der Waals surface area contributed by atoms with Crippen LogP contribution in [0.15, 0.2) is 0 Å². The van der Waals surface area contributed by atoms with Crippen molar-refractivity contribution in [2.45, 2.75) is 77.9 Å². The largest absolute Gasteiger partial charge is 0.368 e. The third-order valence-electron chi connectivity index (χ3n) is 4.11. The Balaban J connectivity index is 2.79. The molecule has 4 nitrogen and oxygen atoms in total. The van der Waals surface area contributed by atoms with Crippen molar-refractivity contribution >= 4 is 5.91 Å². The average molecular weight is 283 g/mol. The number of hydrogen-bond donors (Lipinski definition) is 2. The summed E-state index contributed by atoms with van der Waals surface area (Å²) in [7, 11) is 2.17. The number of nitrogens with zero attached hydrogens (tertiary/aromatic N) is 1. The first-order chi connectivity index (χ1) is 9.06. The number of hydrogen-bond acceptors (Lipinski definition) is 3. The molecule has 0 radical (unpaired) electrons. The van der Waals surface area contributed by atoms with Crippen LogP contribution in [-0.2, 0) is 4.79 Å². The zero-order valence-corrected chi connectivity index (χ0v) is 14.1. The number of rotatable bonds is 5. The normalized spacial score (nSPS) is 28.1. The van der Waals surface area contributed by atoms with Crippen LogP contribution in [0.4, 0.5) is 0 Å². The smallest absolute Gasteiger partial charge is 0.237 e. The summed E-state index contributed by atoms with van der Waals surface area (Å²) in [6.45, 7) is 11.9. The molecule has 3 N–H and O–H groups in total. The Labute approximate surface area is 124 Å². The molecule has 0 bridgehead atoms. The van der Waals surface area contributed by atoms with Crippen LogP contribution in [0, 0.1) is 5.41 Å². The molecule has 0 aromatic heterocycles. The zero-order chi connectivity index (χ0) is 15.6. The molecule has 1 fully saturated rings. The minimum Gasteiger partial charge on any atom is -0.368 e. The van der Waals surface area contributed by atoms with Gasteiger partial charge < -0.3 is 16.0 Å². The summed E-state index contributed by atoms with van der Waals surface area (Å²) in [5.74, 6) is -0.194. The molecule has 0 aromatic carbocycles. The standard InChI is InChI=1S/C16H33N3O/c1-12(2)18-16(14(17)20)9-7-8-13(10-16)19(6)11-15(3,4)5/h12-13,18H,7-11H2,1-6H3,(H2,17,20). The summed E-state index contributed by atoms with van der Waals surface area (Å²) in [5, 5.41) is 3.44. The summed E-state index contributed by atoms with van der Waals surface area (Å²) in [4.78, 5) is 14.4. The molecule has 1 amide bonds. The number of nitrogens with one attached hydrogen (secondary N) is 1. The van der Waals surface area contributed by atoms with E-state index in [1.807, 2.05) is 0 Å². The van der Waals surface area contributed by atoms with E-state index in [1.165, 1.54) is 0 Å². The molecule has 20 heavy (non-hydrogen) atoms. The average Bonchev–Trinajstić information content (AvgIpc) is 2.25. The second-order valence-corrected chi connectivity index (χ2v) is 7.97. The molecule has 1 saturated carbocycles. The van der Waals surface area contributed by atoms with E-state index in [0.717, 1.165) is 32.2 Å². The van der Waals surface area contributed by atoms with Gasteiger partial charge in [0.1, 0.15) is 0 Å². The number of amides is 1. The van der Waals surface area contributed by atoms with Crippen molar-refractivity contribution in [3.63, 3.8) is 0 Å². The van der Waals surface area contributed by atoms with Crippen LogP contribution in [0.1, 0.15) is 60.3 Å². The van der Waals surface area contributed by atoms with Crippen LogP contribution in [0.2, 0.25) is 0 Å². The topological polar surface area (TPSA) is 58.4 Å². The van der Waals surface area contributed by atoms with Gasteiger partial charge >= 0.3 is 0 Å². The van der Waals surface area contributed by atoms with Crippen LogP contribution < -0.4 is 11.1 Å². The second kappa shape index (κ2) is 6.44. The highest BCUT2D eigenvalue weighted by Gasteiger charge is 2.42. The Morgan fingerprint density at radius 2 is 2.05 bits per heavy atom. The molecular weight excluding hydrogens is 250 g/mol. The molecule has 2 unspecified atom stereocenters. The van der Waals surface area contributed by atoms with Crippen LogP contribution in [0.5, 0.6) is 0 Å². The van der Waals surface area contributed by atoms with Crippen molar-refractivity contribution in [3.8, 4) is 0 Å². The lowest BCUT2D eigenvalue weighted by atomic mass is 9.77. The summed E-state index contributed by atoms with van der Waals surface area (Å²) in [6.07, 6.45) is 3.90. The van der Waals surface area contributed by atoms with Gasteiger partial charge in [-0.3, -0.25) is 4.79 Å². The maximum Gasteiger partial charge on any atom is 0.237 e. The summed E-state index contributed by atoms with van der Waals surface area (Å²) < 4.78 is 0. The molecule has 1 aliphatic carbocycles. The van der Waals surface area contributed by atoms with E-state index in [4.69, 9.17) is 5.73 Å². The highest BCUT2D eigenvalue weighted by Crippen LogP contribution is 2.32. The number of carbonyl (C=O) groups excluding carboxylic acids is 1. The lowest BCUT2D eigenvalue weighted by Gasteiger charge is -2.44. The van der Waals surface area contributed by atoms with E-state index in [1.54, 1.807) is 0 Å². The van der Waals surface area contributed by atoms with Gasteiger partial charge in [-0.2, -0.15) is 0 Å². The van der Waals surface area contributed by atoms with E-state index < -0.39 is 5.54 Å². The van der Waals surface area contributed by atoms with Gasteiger partial charge in [0, 0.05) is 18.6 Å². The van der Waals surface area contributed by atoms with Crippen molar-refractivity contribution in [1.82, 2.24) is 10.2 Å². The highest BCUT2D eigenvalue weighted by molar-refractivity contribution is 5.85. The first kappa shape index (κ1) is 17.4. The third-order valence-corrected chi connectivity index (χ3v) is 4.11. The van der Waals surface area contributed by atoms with E-state index in [2.05, 4.69) is 51.9 Å². The molecule has 0 heterocycles. The van der Waals surface area contributed by atoms with Crippen LogP contribution in [0.3, 0.4) is 0 Å². The fraction of sp³-hybridized carbons (Fsp3) is 0.938. The molecular formula is C16H33N3O. The predicted octanol–water partition coefficient (Wildman–Crippen LogP) is 2.13. The maximum atomic E-state index is 12.0. The third kappa shape index (κ3) is 4.74. The molecule has 1 aliphatic rings. The Morgan fingerprint density at radius 3 is 2.50 bits per heavy atom. The van der Waals surface area contributed by atoms with E-state index in [-0.39, 0.29) is 17.4 Å². The van der Waals surface area contributed by atoms with Crippen LogP contribution >= 0.6 is 0 Å². The Hall–Kier alpha value is -0.610. The van der Waals surface area contributed by atoms with E-state index in [9.17, 15) is 4.79 Å². The quantitative estimate of drug-likeness (QED) is 0.812. The molecule has 0 aromatic rings. The lowest BCUT2D eigenvalue weighted by Crippen LogP contribution is -2.62. The van der Waals surface area contributed by atoms with Gasteiger partial charge in [0.05, 0.1) is 5.54 Å². The van der Waals surface area contributed by atoms with E-state index >= 15 is 0 Å². The first-order valence-electron chi connectivity index (χ1n) is 7.83. The summed E-state index contributed by atoms with van der Waals surface area (Å²) >= 11 is 0. The van der Waals surface area contributed by atoms with Gasteiger partial charge in [-0.15, -0.1) is 0 Å². The highest BCUT2D eigenvalue weighted by atomic mass is 16.1. The van der Waals surface area contributed by atoms with Crippen LogP contribution in [0.25, 0.3) is 0 Å². The number of carbonyl (C=O) groups is 1. The van der Waals surface area contributed by atoms with Gasteiger partial charge in [0.15, 0.2) is 0 Å². The SMILES string of the molecule is CC(C)NC1(C(N)=O)CCCC(N(C)CC(C)(C)C)C1. The van der Waals surface area contributed by atoms with Gasteiger partial charge in [0.2, 0.25) is 5.91 Å². The molecule has 0 spiro atoms. The fourth-order valence-corrected chi connectivity index (χ4v) is 3.48. The van der Waals surface area contributed by atoms with Gasteiger partial charge in [-0.25, -0.2) is 0 Å². The Morgan fingerprint density at radius 1 is 1.45 bits per heavy atom. The van der Waals surface area contributed by atoms with Crippen molar-refractivity contribution in [2.24, 2.45) is 11.1 Å². The minimum atomic E-state index is -0.525. The van der Waals surface area contributed by atoms with Gasteiger partial charge in [-0.1, -0.05) is 20.8 Å². The van der Waals surface area contributed by atoms with Gasteiger partial charge in [0.25, 0.3) is 0 Å². The summed E-state index contributed by atoms with van der Waals surface area (Å²) in [5.41, 5.74) is 5.47. The first-order valence-corrected chi connectivity index (χ1v) is 7.83. The van der Waals surface area contributed by atoms with Gasteiger partial charge in [-0.05, 0) is 52.0 Å². The fourth-order valence-electron chi connectivity index (χ4n) is 3.48. The lowest BCUT2D eigenvalue weighted by molar-refractivity contribution is -0.127. The van der Waals surface area contributed by atoms with Crippen molar-refractivity contribution in [2.75, 3.05) is 13.6 Å². The molecule has 2 atom stereocenters. The Kier molecular flexibility index (Phi) is 5.61. The zero-order valence-electron chi connectivity index (χ0n) is 14.1. The van der Waals surface area contributed by atoms with E-state index in [0.29, 0.717) is 6.04 Å². The van der Waals surface area contributed by atoms with Crippen molar-refractivity contribution in [1.29, 1.82) is 0 Å². The molecule has 4 heteroatoms. The van der Waals surface area contributed by atoms with Crippen LogP contribution in [-0.4, -0.2) is 42.0 Å². The minimum absolute atomic E-state index is 0.194. The monoisotopic (exact) mass is 283 g/mol. The molecule has 0 saturated heterocycles. The maximum absolute atomic E-state index is 12.0. The second-order valence-electron chi connectivity index (χ2n) is 7.97.